The van der Waals surface area contributed by atoms with E-state index in [4.69, 9.17) is 0 Å². The van der Waals surface area contributed by atoms with Crippen LogP contribution in [0, 0.1) is 11.7 Å². The van der Waals surface area contributed by atoms with Crippen LogP contribution in [0.4, 0.5) is 15.8 Å². The van der Waals surface area contributed by atoms with Gasteiger partial charge in [0.1, 0.15) is 5.82 Å². The molecule has 37 heavy (non-hydrogen) atoms. The largest absolute Gasteiger partial charge is 0.339 e. The van der Waals surface area contributed by atoms with Crippen LogP contribution < -0.4 is 10.6 Å². The normalized spacial score (nSPS) is 13.8. The number of anilines is 2. The first-order chi connectivity index (χ1) is 18.0. The van der Waals surface area contributed by atoms with E-state index in [0.29, 0.717) is 48.4 Å². The number of fused-ring (bicyclic) bond motifs is 1. The van der Waals surface area contributed by atoms with Crippen LogP contribution in [0.15, 0.2) is 91.0 Å². The zero-order chi connectivity index (χ0) is 25.8. The number of nitrogens with one attached hydrogen (secondary N) is 2. The highest BCUT2D eigenvalue weighted by atomic mass is 19.1. The second-order valence-corrected chi connectivity index (χ2v) is 9.13. The number of hydrogen-bond acceptors (Lipinski definition) is 3. The monoisotopic (exact) mass is 495 g/mol. The number of likely N-dealkylation sites (tertiary alicyclic amines) is 1. The summed E-state index contributed by atoms with van der Waals surface area (Å²) in [6.45, 7) is 0.993. The summed E-state index contributed by atoms with van der Waals surface area (Å²) < 4.78 is 13.4. The number of benzene rings is 4. The van der Waals surface area contributed by atoms with E-state index < -0.39 is 11.7 Å². The quantitative estimate of drug-likeness (QED) is 0.372. The van der Waals surface area contributed by atoms with Gasteiger partial charge in [-0.2, -0.15) is 0 Å². The van der Waals surface area contributed by atoms with Gasteiger partial charge < -0.3 is 15.5 Å². The fraction of sp³-hybridized carbons (Fsp3) is 0.167. The zero-order valence-corrected chi connectivity index (χ0v) is 20.1. The minimum Gasteiger partial charge on any atom is -0.339 e. The van der Waals surface area contributed by atoms with Gasteiger partial charge in [-0.05, 0) is 66.1 Å². The Bertz CT molecular complexity index is 1470. The molecule has 1 saturated heterocycles. The van der Waals surface area contributed by atoms with Gasteiger partial charge in [0.2, 0.25) is 5.91 Å². The molecule has 0 aliphatic carbocycles. The van der Waals surface area contributed by atoms with Crippen molar-refractivity contribution in [3.8, 4) is 0 Å². The molecule has 0 aromatic heterocycles. The third-order valence-electron chi connectivity index (χ3n) is 6.65. The van der Waals surface area contributed by atoms with Crippen LogP contribution in [0.1, 0.15) is 33.6 Å². The van der Waals surface area contributed by atoms with Gasteiger partial charge in [0.25, 0.3) is 11.8 Å². The SMILES string of the molecule is O=C(Nc1cccc(F)c1)c1cccc(NC(=O)C2CCN(C(=O)c3cccc4ccccc34)CC2)c1. The van der Waals surface area contributed by atoms with Crippen molar-refractivity contribution in [2.45, 2.75) is 12.8 Å². The lowest BCUT2D eigenvalue weighted by molar-refractivity contribution is -0.121. The number of carbonyl (C=O) groups excluding carboxylic acids is 3. The maximum atomic E-state index is 13.4. The molecule has 4 aromatic carbocycles. The molecule has 0 radical (unpaired) electrons. The summed E-state index contributed by atoms with van der Waals surface area (Å²) in [6.07, 6.45) is 1.12. The molecule has 2 N–H and O–H groups in total. The molecule has 1 aliphatic rings. The number of hydrogen-bond donors (Lipinski definition) is 2. The van der Waals surface area contributed by atoms with Gasteiger partial charge in [0.05, 0.1) is 0 Å². The van der Waals surface area contributed by atoms with Crippen LogP contribution in [0.25, 0.3) is 10.8 Å². The standard InChI is InChI=1S/C30H26FN3O3/c31-23-9-5-11-25(19-23)33-29(36)22-8-3-10-24(18-22)32-28(35)21-14-16-34(17-15-21)30(37)27-13-4-7-20-6-1-2-12-26(20)27/h1-13,18-19,21H,14-17H2,(H,32,35)(H,33,36). The van der Waals surface area contributed by atoms with Gasteiger partial charge in [-0.1, -0.05) is 48.5 Å². The van der Waals surface area contributed by atoms with E-state index in [2.05, 4.69) is 10.6 Å². The Morgan fingerprint density at radius 3 is 2.22 bits per heavy atom. The summed E-state index contributed by atoms with van der Waals surface area (Å²) in [6, 6.07) is 25.8. The van der Waals surface area contributed by atoms with Gasteiger partial charge in [-0.3, -0.25) is 14.4 Å². The lowest BCUT2D eigenvalue weighted by atomic mass is 9.94. The number of carbonyl (C=O) groups is 3. The highest BCUT2D eigenvalue weighted by molar-refractivity contribution is 6.07. The Balaban J connectivity index is 1.19. The number of rotatable bonds is 5. The van der Waals surface area contributed by atoms with Gasteiger partial charge in [0, 0.05) is 41.5 Å². The molecule has 3 amide bonds. The first-order valence-corrected chi connectivity index (χ1v) is 12.2. The molecule has 6 nitrogen and oxygen atoms in total. The van der Waals surface area contributed by atoms with Gasteiger partial charge in [0.15, 0.2) is 0 Å². The number of piperidine rings is 1. The van der Waals surface area contributed by atoms with Crippen LogP contribution >= 0.6 is 0 Å². The molecule has 0 atom stereocenters. The Labute approximate surface area is 214 Å². The van der Waals surface area contributed by atoms with E-state index in [1.54, 1.807) is 30.3 Å². The predicted octanol–water partition coefficient (Wildman–Crippen LogP) is 5.72. The van der Waals surface area contributed by atoms with Gasteiger partial charge >= 0.3 is 0 Å². The summed E-state index contributed by atoms with van der Waals surface area (Å²) in [5.74, 6) is -1.24. The average Bonchev–Trinajstić information content (AvgIpc) is 2.92. The summed E-state index contributed by atoms with van der Waals surface area (Å²) >= 11 is 0. The van der Waals surface area contributed by atoms with Crippen LogP contribution in [0.3, 0.4) is 0 Å². The predicted molar refractivity (Wildman–Crippen MR) is 142 cm³/mol. The second kappa shape index (κ2) is 10.6. The van der Waals surface area contributed by atoms with E-state index in [1.165, 1.54) is 18.2 Å². The Morgan fingerprint density at radius 2 is 1.43 bits per heavy atom. The molecule has 1 heterocycles. The average molecular weight is 496 g/mol. The molecule has 0 unspecified atom stereocenters. The Hall–Kier alpha value is -4.52. The number of nitrogens with zero attached hydrogens (tertiary/aromatic N) is 1. The first-order valence-electron chi connectivity index (χ1n) is 12.2. The summed E-state index contributed by atoms with van der Waals surface area (Å²) in [5.41, 5.74) is 1.88. The van der Waals surface area contributed by atoms with Crippen molar-refractivity contribution in [2.24, 2.45) is 5.92 Å². The molecule has 0 bridgehead atoms. The van der Waals surface area contributed by atoms with E-state index in [9.17, 15) is 18.8 Å². The highest BCUT2D eigenvalue weighted by Crippen LogP contribution is 2.25. The van der Waals surface area contributed by atoms with E-state index in [-0.39, 0.29) is 17.7 Å². The minimum atomic E-state index is -0.441. The summed E-state index contributed by atoms with van der Waals surface area (Å²) in [7, 11) is 0. The third kappa shape index (κ3) is 5.51. The van der Waals surface area contributed by atoms with E-state index >= 15 is 0 Å². The fourth-order valence-electron chi connectivity index (χ4n) is 4.68. The van der Waals surface area contributed by atoms with Crippen molar-refractivity contribution in [2.75, 3.05) is 23.7 Å². The maximum Gasteiger partial charge on any atom is 0.255 e. The van der Waals surface area contributed by atoms with Crippen molar-refractivity contribution in [1.29, 1.82) is 0 Å². The molecular formula is C30H26FN3O3. The molecule has 1 aliphatic heterocycles. The number of halogens is 1. The molecule has 0 saturated carbocycles. The third-order valence-corrected chi connectivity index (χ3v) is 6.65. The minimum absolute atomic E-state index is 0.0207. The zero-order valence-electron chi connectivity index (χ0n) is 20.1. The lowest BCUT2D eigenvalue weighted by Crippen LogP contribution is -2.41. The van der Waals surface area contributed by atoms with Crippen LogP contribution in [0.5, 0.6) is 0 Å². The van der Waals surface area contributed by atoms with Gasteiger partial charge in [-0.15, -0.1) is 0 Å². The first kappa shape index (κ1) is 24.2. The highest BCUT2D eigenvalue weighted by Gasteiger charge is 2.28. The Kier molecular flexibility index (Phi) is 6.94. The lowest BCUT2D eigenvalue weighted by Gasteiger charge is -2.31. The van der Waals surface area contributed by atoms with Crippen molar-refractivity contribution < 1.29 is 18.8 Å². The second-order valence-electron chi connectivity index (χ2n) is 9.13. The molecule has 7 heteroatoms. The molecule has 186 valence electrons. The van der Waals surface area contributed by atoms with E-state index in [1.807, 2.05) is 47.4 Å². The fourth-order valence-corrected chi connectivity index (χ4v) is 4.68. The summed E-state index contributed by atoms with van der Waals surface area (Å²) in [4.78, 5) is 40.5. The maximum absolute atomic E-state index is 13.4. The summed E-state index contributed by atoms with van der Waals surface area (Å²) in [5, 5.41) is 7.50. The van der Waals surface area contributed by atoms with E-state index in [0.717, 1.165) is 10.8 Å². The molecular weight excluding hydrogens is 469 g/mol. The Morgan fingerprint density at radius 1 is 0.757 bits per heavy atom. The topological polar surface area (TPSA) is 78.5 Å². The van der Waals surface area contributed by atoms with Crippen molar-refractivity contribution in [1.82, 2.24) is 4.90 Å². The number of amides is 3. The van der Waals surface area contributed by atoms with Crippen LogP contribution in [0.2, 0.25) is 0 Å². The molecule has 5 rings (SSSR count). The molecule has 4 aromatic rings. The van der Waals surface area contributed by atoms with Crippen LogP contribution in [-0.2, 0) is 4.79 Å². The molecule has 0 spiro atoms. The van der Waals surface area contributed by atoms with Crippen molar-refractivity contribution >= 4 is 39.9 Å². The molecule has 1 fully saturated rings. The van der Waals surface area contributed by atoms with Crippen molar-refractivity contribution in [3.05, 3.63) is 108 Å². The van der Waals surface area contributed by atoms with Crippen LogP contribution in [-0.4, -0.2) is 35.7 Å². The van der Waals surface area contributed by atoms with Gasteiger partial charge in [-0.25, -0.2) is 4.39 Å². The smallest absolute Gasteiger partial charge is 0.255 e. The van der Waals surface area contributed by atoms with Crippen molar-refractivity contribution in [3.63, 3.8) is 0 Å².